The van der Waals surface area contributed by atoms with Crippen LogP contribution in [0.15, 0.2) is 103 Å². The first-order valence-electron chi connectivity index (χ1n) is 14.5. The Morgan fingerprint density at radius 2 is 1.52 bits per heavy atom. The highest BCUT2D eigenvalue weighted by Gasteiger charge is 2.26. The first-order chi connectivity index (χ1) is 19.6. The van der Waals surface area contributed by atoms with Crippen LogP contribution in [0.5, 0.6) is 5.75 Å². The van der Waals surface area contributed by atoms with Gasteiger partial charge in [0.05, 0.1) is 23.0 Å². The van der Waals surface area contributed by atoms with Crippen molar-refractivity contribution in [3.8, 4) is 28.1 Å². The minimum absolute atomic E-state index is 0.0364. The zero-order chi connectivity index (χ0) is 27.5. The molecule has 1 atom stereocenters. The fraction of sp³-hybridized carbons (Fsp3) is 0.243. The zero-order valence-corrected chi connectivity index (χ0v) is 23.3. The van der Waals surface area contributed by atoms with Gasteiger partial charge in [0, 0.05) is 17.3 Å². The first-order valence-corrected chi connectivity index (χ1v) is 14.5. The maximum Gasteiger partial charge on any atom is 0.123 e. The van der Waals surface area contributed by atoms with Gasteiger partial charge in [-0.3, -0.25) is 9.97 Å². The van der Waals surface area contributed by atoms with Gasteiger partial charge in [-0.25, -0.2) is 0 Å². The molecule has 6 rings (SSSR count). The summed E-state index contributed by atoms with van der Waals surface area (Å²) in [6.07, 6.45) is 7.35. The summed E-state index contributed by atoms with van der Waals surface area (Å²) in [5.41, 5.74) is 11.4. The van der Waals surface area contributed by atoms with Crippen LogP contribution in [0.25, 0.3) is 22.4 Å². The highest BCUT2D eigenvalue weighted by Crippen LogP contribution is 2.39. The van der Waals surface area contributed by atoms with Crippen LogP contribution in [0.1, 0.15) is 66.2 Å². The quantitative estimate of drug-likeness (QED) is 0.231. The normalized spacial score (nSPS) is 13.7. The van der Waals surface area contributed by atoms with Gasteiger partial charge in [-0.15, -0.1) is 0 Å². The van der Waals surface area contributed by atoms with Gasteiger partial charge in [-0.2, -0.15) is 0 Å². The molecular formula is C37H36N2O. The molecule has 0 bridgehead atoms. The standard InChI is InChI=1S/C37H36N2O/c1-25(2)20-26-21-29(31-15-8-9-18-35(31)40)23-30(22-26)34-24-28-14-6-7-16-32(28)37(39-34)36(27-12-4-3-5-13-27)33-17-10-11-19-38-33/h3-5,8-13,15,17-19,21-25,36,40H,6-7,14,16,20H2,1-2H3. The van der Waals surface area contributed by atoms with Gasteiger partial charge in [0.2, 0.25) is 0 Å². The van der Waals surface area contributed by atoms with E-state index in [-0.39, 0.29) is 5.92 Å². The van der Waals surface area contributed by atoms with Crippen molar-refractivity contribution < 1.29 is 5.11 Å². The van der Waals surface area contributed by atoms with E-state index in [0.29, 0.717) is 11.7 Å². The van der Waals surface area contributed by atoms with E-state index in [0.717, 1.165) is 53.0 Å². The third-order valence-corrected chi connectivity index (χ3v) is 7.91. The first kappa shape index (κ1) is 26.0. The highest BCUT2D eigenvalue weighted by atomic mass is 16.3. The summed E-state index contributed by atoms with van der Waals surface area (Å²) in [5.74, 6) is 0.783. The van der Waals surface area contributed by atoms with Crippen molar-refractivity contribution >= 4 is 0 Å². The fourth-order valence-corrected chi connectivity index (χ4v) is 6.13. The van der Waals surface area contributed by atoms with E-state index in [1.165, 1.54) is 35.1 Å². The Morgan fingerprint density at radius 3 is 2.30 bits per heavy atom. The predicted molar refractivity (Wildman–Crippen MR) is 164 cm³/mol. The second-order valence-corrected chi connectivity index (χ2v) is 11.4. The smallest absolute Gasteiger partial charge is 0.123 e. The molecule has 3 heteroatoms. The van der Waals surface area contributed by atoms with Gasteiger partial charge < -0.3 is 5.11 Å². The lowest BCUT2D eigenvalue weighted by Crippen LogP contribution is -2.15. The van der Waals surface area contributed by atoms with Crippen LogP contribution >= 0.6 is 0 Å². The van der Waals surface area contributed by atoms with E-state index in [9.17, 15) is 5.11 Å². The molecule has 0 saturated heterocycles. The molecule has 2 aromatic heterocycles. The average Bonchev–Trinajstić information content (AvgIpc) is 2.98. The third kappa shape index (κ3) is 5.42. The lowest BCUT2D eigenvalue weighted by Gasteiger charge is -2.26. The van der Waals surface area contributed by atoms with E-state index in [1.807, 2.05) is 30.5 Å². The summed E-state index contributed by atoms with van der Waals surface area (Å²) in [6.45, 7) is 4.50. The van der Waals surface area contributed by atoms with Crippen molar-refractivity contribution in [2.24, 2.45) is 5.92 Å². The van der Waals surface area contributed by atoms with Crippen molar-refractivity contribution in [2.75, 3.05) is 0 Å². The molecule has 0 fully saturated rings. The highest BCUT2D eigenvalue weighted by molar-refractivity contribution is 5.76. The van der Waals surface area contributed by atoms with Crippen LogP contribution in [-0.4, -0.2) is 15.1 Å². The molecule has 1 aliphatic carbocycles. The van der Waals surface area contributed by atoms with Crippen LogP contribution in [0.2, 0.25) is 0 Å². The van der Waals surface area contributed by atoms with E-state index in [2.05, 4.69) is 80.6 Å². The van der Waals surface area contributed by atoms with Crippen molar-refractivity contribution in [3.05, 3.63) is 137 Å². The van der Waals surface area contributed by atoms with Crippen molar-refractivity contribution in [1.82, 2.24) is 9.97 Å². The number of aromatic hydroxyl groups is 1. The van der Waals surface area contributed by atoms with Gasteiger partial charge >= 0.3 is 0 Å². The Bertz CT molecular complexity index is 1570. The molecule has 0 amide bonds. The third-order valence-electron chi connectivity index (χ3n) is 7.91. The number of phenols is 1. The largest absolute Gasteiger partial charge is 0.507 e. The predicted octanol–water partition coefficient (Wildman–Crippen LogP) is 8.77. The van der Waals surface area contributed by atoms with Crippen molar-refractivity contribution in [3.63, 3.8) is 0 Å². The Labute approximate surface area is 237 Å². The number of phenolic OH excluding ortho intramolecular Hbond substituents is 1. The minimum Gasteiger partial charge on any atom is -0.507 e. The second kappa shape index (κ2) is 11.5. The van der Waals surface area contributed by atoms with Gasteiger partial charge in [0.25, 0.3) is 0 Å². The summed E-state index contributed by atoms with van der Waals surface area (Å²) in [6, 6.07) is 33.5. The lowest BCUT2D eigenvalue weighted by atomic mass is 9.82. The topological polar surface area (TPSA) is 46.0 Å². The molecule has 5 aromatic rings. The summed E-state index contributed by atoms with van der Waals surface area (Å²) >= 11 is 0. The van der Waals surface area contributed by atoms with Gasteiger partial charge in [-0.05, 0) is 102 Å². The Morgan fingerprint density at radius 1 is 0.775 bits per heavy atom. The maximum atomic E-state index is 10.7. The van der Waals surface area contributed by atoms with Gasteiger partial charge in [-0.1, -0.05) is 74.5 Å². The maximum absolute atomic E-state index is 10.7. The van der Waals surface area contributed by atoms with E-state index >= 15 is 0 Å². The minimum atomic E-state index is -0.0364. The van der Waals surface area contributed by atoms with Crippen LogP contribution in [-0.2, 0) is 19.3 Å². The number of hydrogen-bond acceptors (Lipinski definition) is 3. The second-order valence-electron chi connectivity index (χ2n) is 11.4. The number of hydrogen-bond donors (Lipinski definition) is 1. The average molecular weight is 525 g/mol. The fourth-order valence-electron chi connectivity index (χ4n) is 6.13. The molecular weight excluding hydrogens is 488 g/mol. The van der Waals surface area contributed by atoms with Crippen molar-refractivity contribution in [2.45, 2.75) is 51.9 Å². The molecule has 0 aliphatic heterocycles. The van der Waals surface area contributed by atoms with Crippen LogP contribution in [0.4, 0.5) is 0 Å². The monoisotopic (exact) mass is 524 g/mol. The number of fused-ring (bicyclic) bond motifs is 1. The summed E-state index contributed by atoms with van der Waals surface area (Å²) in [4.78, 5) is 10.3. The molecule has 200 valence electrons. The van der Waals surface area contributed by atoms with E-state index < -0.39 is 0 Å². The zero-order valence-electron chi connectivity index (χ0n) is 23.3. The molecule has 0 radical (unpaired) electrons. The van der Waals surface area contributed by atoms with Crippen LogP contribution < -0.4 is 0 Å². The molecule has 1 N–H and O–H groups in total. The number of nitrogens with zero attached hydrogens (tertiary/aromatic N) is 2. The van der Waals surface area contributed by atoms with Gasteiger partial charge in [0.1, 0.15) is 5.75 Å². The number of pyridine rings is 2. The van der Waals surface area contributed by atoms with E-state index in [1.54, 1.807) is 6.07 Å². The molecule has 40 heavy (non-hydrogen) atoms. The van der Waals surface area contributed by atoms with Crippen molar-refractivity contribution in [1.29, 1.82) is 0 Å². The summed E-state index contributed by atoms with van der Waals surface area (Å²) in [7, 11) is 0. The Hall–Kier alpha value is -4.24. The molecule has 0 saturated carbocycles. The number of aryl methyl sites for hydroxylation is 1. The molecule has 3 aromatic carbocycles. The summed E-state index contributed by atoms with van der Waals surface area (Å²) in [5, 5.41) is 10.7. The van der Waals surface area contributed by atoms with E-state index in [4.69, 9.17) is 9.97 Å². The molecule has 1 unspecified atom stereocenters. The Balaban J connectivity index is 1.57. The lowest BCUT2D eigenvalue weighted by molar-refractivity contribution is 0.477. The molecule has 3 nitrogen and oxygen atoms in total. The Kier molecular flexibility index (Phi) is 7.46. The number of para-hydroxylation sites is 1. The molecule has 2 heterocycles. The van der Waals surface area contributed by atoms with Crippen LogP contribution in [0, 0.1) is 5.92 Å². The van der Waals surface area contributed by atoms with Gasteiger partial charge in [0.15, 0.2) is 0 Å². The SMILES string of the molecule is CC(C)Cc1cc(-c2cc3c(c(C(c4ccccc4)c4ccccn4)n2)CCCC3)cc(-c2ccccc2O)c1. The molecule has 0 spiro atoms. The number of benzene rings is 3. The number of aromatic nitrogens is 2. The molecule has 1 aliphatic rings. The number of rotatable bonds is 7. The van der Waals surface area contributed by atoms with Crippen LogP contribution in [0.3, 0.4) is 0 Å². The summed E-state index contributed by atoms with van der Waals surface area (Å²) < 4.78 is 0.